The van der Waals surface area contributed by atoms with Crippen LogP contribution in [-0.4, -0.2) is 53.4 Å². The van der Waals surface area contributed by atoms with Crippen LogP contribution in [0.15, 0.2) is 24.3 Å². The highest BCUT2D eigenvalue weighted by atomic mass is 16.6. The molecule has 1 unspecified atom stereocenters. The number of anilines is 1. The number of para-hydroxylation sites is 1. The van der Waals surface area contributed by atoms with Crippen molar-refractivity contribution in [1.29, 1.82) is 0 Å². The summed E-state index contributed by atoms with van der Waals surface area (Å²) >= 11 is 0. The first-order valence-corrected chi connectivity index (χ1v) is 10.4. The van der Waals surface area contributed by atoms with Gasteiger partial charge >= 0.3 is 6.09 Å². The maximum absolute atomic E-state index is 12.7. The summed E-state index contributed by atoms with van der Waals surface area (Å²) in [6.07, 6.45) is -0.476. The van der Waals surface area contributed by atoms with E-state index >= 15 is 0 Å². The molecular weight excluding hydrogens is 400 g/mol. The second-order valence-electron chi connectivity index (χ2n) is 8.82. The minimum absolute atomic E-state index is 0.0202. The Morgan fingerprint density at radius 3 is 2.45 bits per heavy atom. The van der Waals surface area contributed by atoms with Crippen molar-refractivity contribution in [2.45, 2.75) is 59.2 Å². The van der Waals surface area contributed by atoms with Crippen molar-refractivity contribution >= 4 is 29.5 Å². The number of alkyl carbamates (subject to hydrolysis) is 1. The van der Waals surface area contributed by atoms with Gasteiger partial charge in [-0.25, -0.2) is 4.79 Å². The molecule has 9 nitrogen and oxygen atoms in total. The molecule has 4 amide bonds. The monoisotopic (exact) mass is 432 g/mol. The number of benzene rings is 1. The van der Waals surface area contributed by atoms with E-state index in [1.54, 1.807) is 49.9 Å². The van der Waals surface area contributed by atoms with Crippen molar-refractivity contribution in [1.82, 2.24) is 15.5 Å². The van der Waals surface area contributed by atoms with Crippen LogP contribution in [0, 0.1) is 5.92 Å². The number of hydrogen-bond acceptors (Lipinski definition) is 5. The van der Waals surface area contributed by atoms with Crippen LogP contribution in [0.4, 0.5) is 10.5 Å². The highest BCUT2D eigenvalue weighted by Crippen LogP contribution is 2.23. The van der Waals surface area contributed by atoms with Crippen LogP contribution in [0.25, 0.3) is 0 Å². The molecule has 1 atom stereocenters. The molecule has 1 heterocycles. The lowest BCUT2D eigenvalue weighted by Gasteiger charge is -2.21. The Labute approximate surface area is 182 Å². The molecule has 1 aromatic carbocycles. The molecule has 0 spiro atoms. The summed E-state index contributed by atoms with van der Waals surface area (Å²) in [6, 6.07) is 7.18. The van der Waals surface area contributed by atoms with Gasteiger partial charge in [0.1, 0.15) is 12.1 Å². The van der Waals surface area contributed by atoms with E-state index in [0.29, 0.717) is 17.8 Å². The van der Waals surface area contributed by atoms with Crippen molar-refractivity contribution in [2.75, 3.05) is 18.4 Å². The summed E-state index contributed by atoms with van der Waals surface area (Å²) in [7, 11) is 0. The normalized spacial score (nSPS) is 16.3. The number of nitrogens with zero attached hydrogens (tertiary/aromatic N) is 1. The van der Waals surface area contributed by atoms with Crippen molar-refractivity contribution < 1.29 is 23.9 Å². The van der Waals surface area contributed by atoms with Gasteiger partial charge in [-0.3, -0.25) is 14.4 Å². The molecule has 31 heavy (non-hydrogen) atoms. The van der Waals surface area contributed by atoms with Gasteiger partial charge in [-0.2, -0.15) is 0 Å². The van der Waals surface area contributed by atoms with Crippen LogP contribution in [0.3, 0.4) is 0 Å². The smallest absolute Gasteiger partial charge is 0.408 e. The topological polar surface area (TPSA) is 117 Å². The number of hydrogen-bond donors (Lipinski definition) is 3. The molecule has 0 aliphatic carbocycles. The Hall–Kier alpha value is -3.10. The fourth-order valence-corrected chi connectivity index (χ4v) is 3.16. The largest absolute Gasteiger partial charge is 0.444 e. The molecule has 9 heteroatoms. The maximum Gasteiger partial charge on any atom is 0.408 e. The van der Waals surface area contributed by atoms with Crippen LogP contribution >= 0.6 is 0 Å². The van der Waals surface area contributed by atoms with Gasteiger partial charge in [0.2, 0.25) is 17.7 Å². The van der Waals surface area contributed by atoms with E-state index in [4.69, 9.17) is 4.74 Å². The van der Waals surface area contributed by atoms with E-state index in [9.17, 15) is 19.2 Å². The second-order valence-corrected chi connectivity index (χ2v) is 8.82. The number of nitrogens with one attached hydrogen (secondary N) is 3. The summed E-state index contributed by atoms with van der Waals surface area (Å²) in [5.41, 5.74) is 0.642. The number of carbonyl (C=O) groups excluding carboxylic acids is 4. The molecule has 170 valence electrons. The highest BCUT2D eigenvalue weighted by molar-refractivity contribution is 5.97. The van der Waals surface area contributed by atoms with E-state index < -0.39 is 17.6 Å². The van der Waals surface area contributed by atoms with Gasteiger partial charge in [0.05, 0.1) is 5.92 Å². The number of amides is 4. The average molecular weight is 433 g/mol. The zero-order valence-electron chi connectivity index (χ0n) is 18.8. The third kappa shape index (κ3) is 7.58. The molecule has 3 N–H and O–H groups in total. The molecule has 1 fully saturated rings. The zero-order chi connectivity index (χ0) is 23.2. The molecule has 0 radical (unpaired) electrons. The zero-order valence-corrected chi connectivity index (χ0v) is 18.8. The van der Waals surface area contributed by atoms with Crippen LogP contribution in [0.2, 0.25) is 0 Å². The minimum Gasteiger partial charge on any atom is -0.444 e. The first kappa shape index (κ1) is 24.2. The van der Waals surface area contributed by atoms with E-state index in [0.717, 1.165) is 0 Å². The van der Waals surface area contributed by atoms with Gasteiger partial charge in [-0.1, -0.05) is 18.2 Å². The van der Waals surface area contributed by atoms with Gasteiger partial charge in [0.15, 0.2) is 0 Å². The lowest BCUT2D eigenvalue weighted by atomic mass is 10.1. The number of likely N-dealkylation sites (tertiary alicyclic amines) is 1. The predicted octanol–water partition coefficient (Wildman–Crippen LogP) is 2.02. The van der Waals surface area contributed by atoms with E-state index in [-0.39, 0.29) is 43.3 Å². The molecule has 0 bridgehead atoms. The minimum atomic E-state index is -0.670. The lowest BCUT2D eigenvalue weighted by Crippen LogP contribution is -2.39. The third-order valence-electron chi connectivity index (χ3n) is 4.70. The van der Waals surface area contributed by atoms with Crippen LogP contribution in [-0.2, 0) is 25.7 Å². The number of carbonyl (C=O) groups is 4. The van der Waals surface area contributed by atoms with Crippen molar-refractivity contribution in [3.05, 3.63) is 29.8 Å². The van der Waals surface area contributed by atoms with Crippen molar-refractivity contribution in [2.24, 2.45) is 5.92 Å². The molecule has 0 aromatic heterocycles. The lowest BCUT2D eigenvalue weighted by molar-refractivity contribution is -0.129. The van der Waals surface area contributed by atoms with Gasteiger partial charge in [-0.05, 0) is 46.2 Å². The summed E-state index contributed by atoms with van der Waals surface area (Å²) in [4.78, 5) is 50.1. The molecule has 2 rings (SSSR count). The molecule has 0 saturated carbocycles. The van der Waals surface area contributed by atoms with Crippen molar-refractivity contribution in [3.63, 3.8) is 0 Å². The highest BCUT2D eigenvalue weighted by Gasteiger charge is 2.35. The number of rotatable bonds is 7. The summed E-state index contributed by atoms with van der Waals surface area (Å²) in [5, 5.41) is 7.98. The maximum atomic E-state index is 12.7. The summed E-state index contributed by atoms with van der Waals surface area (Å²) in [6.45, 7) is 9.41. The molecule has 1 saturated heterocycles. The SMILES string of the molecule is CC(C)N1CC(C(=O)Nc2ccccc2CNC(=O)CNC(=O)OC(C)(C)C)CC1=O. The van der Waals surface area contributed by atoms with Gasteiger partial charge in [-0.15, -0.1) is 0 Å². The summed E-state index contributed by atoms with van der Waals surface area (Å²) in [5.74, 6) is -1.04. The van der Waals surface area contributed by atoms with Crippen molar-refractivity contribution in [3.8, 4) is 0 Å². The fraction of sp³-hybridized carbons (Fsp3) is 0.545. The molecule has 1 aromatic rings. The Balaban J connectivity index is 1.88. The van der Waals surface area contributed by atoms with E-state index in [1.807, 2.05) is 13.8 Å². The average Bonchev–Trinajstić information content (AvgIpc) is 3.06. The van der Waals surface area contributed by atoms with Gasteiger partial charge < -0.3 is 25.6 Å². The van der Waals surface area contributed by atoms with E-state index in [1.165, 1.54) is 0 Å². The number of ether oxygens (including phenoxy) is 1. The molecular formula is C22H32N4O5. The standard InChI is InChI=1S/C22H32N4O5/c1-14(2)26-13-16(10-19(26)28)20(29)25-17-9-7-6-8-15(17)11-23-18(27)12-24-21(30)31-22(3,4)5/h6-9,14,16H,10-13H2,1-5H3,(H,23,27)(H,24,30)(H,25,29). The predicted molar refractivity (Wildman–Crippen MR) is 116 cm³/mol. The fourth-order valence-electron chi connectivity index (χ4n) is 3.16. The quantitative estimate of drug-likeness (QED) is 0.609. The Kier molecular flexibility index (Phi) is 8.01. The van der Waals surface area contributed by atoms with E-state index in [2.05, 4.69) is 16.0 Å². The second kappa shape index (κ2) is 10.3. The Morgan fingerprint density at radius 2 is 1.84 bits per heavy atom. The first-order valence-electron chi connectivity index (χ1n) is 10.4. The molecule has 1 aliphatic rings. The van der Waals surface area contributed by atoms with Gasteiger partial charge in [0.25, 0.3) is 0 Å². The van der Waals surface area contributed by atoms with Crippen LogP contribution in [0.5, 0.6) is 0 Å². The first-order chi connectivity index (χ1) is 14.5. The Bertz CT molecular complexity index is 831. The third-order valence-corrected chi connectivity index (χ3v) is 4.70. The summed E-state index contributed by atoms with van der Waals surface area (Å²) < 4.78 is 5.09. The molecule has 1 aliphatic heterocycles. The van der Waals surface area contributed by atoms with Crippen LogP contribution in [0.1, 0.15) is 46.6 Å². The Morgan fingerprint density at radius 1 is 1.16 bits per heavy atom. The van der Waals surface area contributed by atoms with Gasteiger partial charge in [0, 0.05) is 31.2 Å². The van der Waals surface area contributed by atoms with Crippen LogP contribution < -0.4 is 16.0 Å².